The summed E-state index contributed by atoms with van der Waals surface area (Å²) in [5.74, 6) is -0.470. The van der Waals surface area contributed by atoms with Crippen molar-refractivity contribution in [2.75, 3.05) is 25.6 Å². The molecule has 0 aliphatic carbocycles. The van der Waals surface area contributed by atoms with Crippen LogP contribution in [-0.2, 0) is 4.74 Å². The molecule has 0 spiro atoms. The number of unbranched alkanes of at least 4 members (excludes halogenated alkanes) is 1. The van der Waals surface area contributed by atoms with E-state index in [4.69, 9.17) is 0 Å². The molecule has 0 aliphatic rings. The van der Waals surface area contributed by atoms with Gasteiger partial charge in [0.15, 0.2) is 5.69 Å². The van der Waals surface area contributed by atoms with Gasteiger partial charge in [0, 0.05) is 19.7 Å². The number of hydrogen-bond donors (Lipinski definition) is 0. The molecule has 0 aromatic carbocycles. The molecule has 0 atom stereocenters. The summed E-state index contributed by atoms with van der Waals surface area (Å²) in [4.78, 5) is 27.6. The lowest BCUT2D eigenvalue weighted by Gasteiger charge is -2.17. The molecule has 1 heterocycles. The predicted molar refractivity (Wildman–Crippen MR) is 74.9 cm³/mol. The van der Waals surface area contributed by atoms with E-state index in [9.17, 15) is 14.9 Å². The zero-order valence-corrected chi connectivity index (χ0v) is 11.5. The SMILES string of the molecule is C=CCCCN(C)c1nc(C(=O)OC)ccc1[N+](=O)[O-]. The number of rotatable bonds is 7. The first kappa shape index (κ1) is 15.6. The highest BCUT2D eigenvalue weighted by molar-refractivity contribution is 5.88. The average Bonchev–Trinajstić information content (AvgIpc) is 2.45. The molecule has 1 rings (SSSR count). The number of hydrogen-bond acceptors (Lipinski definition) is 6. The third kappa shape index (κ3) is 3.78. The number of nitrogens with zero attached hydrogens (tertiary/aromatic N) is 3. The maximum Gasteiger partial charge on any atom is 0.356 e. The molecule has 0 radical (unpaired) electrons. The molecule has 0 saturated carbocycles. The smallest absolute Gasteiger partial charge is 0.356 e. The van der Waals surface area contributed by atoms with Gasteiger partial charge in [-0.15, -0.1) is 6.58 Å². The Morgan fingerprint density at radius 1 is 1.60 bits per heavy atom. The van der Waals surface area contributed by atoms with Crippen molar-refractivity contribution in [1.29, 1.82) is 0 Å². The fraction of sp³-hybridized carbons (Fsp3) is 0.385. The summed E-state index contributed by atoms with van der Waals surface area (Å²) < 4.78 is 4.57. The van der Waals surface area contributed by atoms with E-state index in [1.807, 2.05) is 0 Å². The second-order valence-electron chi connectivity index (χ2n) is 4.14. The fourth-order valence-electron chi connectivity index (χ4n) is 1.66. The third-order valence-electron chi connectivity index (χ3n) is 2.71. The van der Waals surface area contributed by atoms with Gasteiger partial charge in [0.1, 0.15) is 0 Å². The Bertz CT molecular complexity index is 516. The Hall–Kier alpha value is -2.44. The summed E-state index contributed by atoms with van der Waals surface area (Å²) in [6.07, 6.45) is 3.37. The van der Waals surface area contributed by atoms with Gasteiger partial charge in [-0.05, 0) is 18.9 Å². The lowest BCUT2D eigenvalue weighted by molar-refractivity contribution is -0.384. The van der Waals surface area contributed by atoms with Crippen molar-refractivity contribution in [2.24, 2.45) is 0 Å². The number of pyridine rings is 1. The topological polar surface area (TPSA) is 85.6 Å². The van der Waals surface area contributed by atoms with Crippen LogP contribution in [0.25, 0.3) is 0 Å². The highest BCUT2D eigenvalue weighted by Gasteiger charge is 2.21. The van der Waals surface area contributed by atoms with Crippen LogP contribution in [0.15, 0.2) is 24.8 Å². The van der Waals surface area contributed by atoms with Crippen LogP contribution in [0.1, 0.15) is 23.3 Å². The fourth-order valence-corrected chi connectivity index (χ4v) is 1.66. The van der Waals surface area contributed by atoms with Crippen LogP contribution in [0.3, 0.4) is 0 Å². The lowest BCUT2D eigenvalue weighted by Crippen LogP contribution is -2.22. The largest absolute Gasteiger partial charge is 0.464 e. The molecule has 0 saturated heterocycles. The average molecular weight is 279 g/mol. The van der Waals surface area contributed by atoms with Gasteiger partial charge in [0.25, 0.3) is 0 Å². The molecule has 0 unspecified atom stereocenters. The Morgan fingerprint density at radius 3 is 2.85 bits per heavy atom. The Balaban J connectivity index is 3.07. The van der Waals surface area contributed by atoms with E-state index in [2.05, 4.69) is 16.3 Å². The Morgan fingerprint density at radius 2 is 2.30 bits per heavy atom. The molecule has 7 nitrogen and oxygen atoms in total. The van der Waals surface area contributed by atoms with E-state index >= 15 is 0 Å². The van der Waals surface area contributed by atoms with Crippen molar-refractivity contribution >= 4 is 17.5 Å². The molecule has 7 heteroatoms. The van der Waals surface area contributed by atoms with Crippen LogP contribution in [0.4, 0.5) is 11.5 Å². The first-order valence-electron chi connectivity index (χ1n) is 6.07. The van der Waals surface area contributed by atoms with Crippen LogP contribution >= 0.6 is 0 Å². The van der Waals surface area contributed by atoms with E-state index in [0.717, 1.165) is 12.8 Å². The van der Waals surface area contributed by atoms with Crippen molar-refractivity contribution in [3.63, 3.8) is 0 Å². The molecule has 0 fully saturated rings. The van der Waals surface area contributed by atoms with Gasteiger partial charge in [0.2, 0.25) is 5.82 Å². The quantitative estimate of drug-likeness (QED) is 0.250. The molecule has 20 heavy (non-hydrogen) atoms. The highest BCUT2D eigenvalue weighted by Crippen LogP contribution is 2.25. The Kier molecular flexibility index (Phi) is 5.64. The normalized spacial score (nSPS) is 9.90. The van der Waals surface area contributed by atoms with Crippen LogP contribution in [0.5, 0.6) is 0 Å². The first-order valence-corrected chi connectivity index (χ1v) is 6.07. The highest BCUT2D eigenvalue weighted by atomic mass is 16.6. The van der Waals surface area contributed by atoms with E-state index in [-0.39, 0.29) is 17.2 Å². The summed E-state index contributed by atoms with van der Waals surface area (Å²) in [5, 5.41) is 11.0. The number of ether oxygens (including phenoxy) is 1. The van der Waals surface area contributed by atoms with Crippen LogP contribution in [0.2, 0.25) is 0 Å². The third-order valence-corrected chi connectivity index (χ3v) is 2.71. The zero-order chi connectivity index (χ0) is 15.1. The van der Waals surface area contributed by atoms with Gasteiger partial charge >= 0.3 is 11.7 Å². The molecule has 0 N–H and O–H groups in total. The number of carbonyl (C=O) groups is 1. The summed E-state index contributed by atoms with van der Waals surface area (Å²) >= 11 is 0. The molecular formula is C13H17N3O4. The summed E-state index contributed by atoms with van der Waals surface area (Å²) in [6, 6.07) is 2.55. The summed E-state index contributed by atoms with van der Waals surface area (Å²) in [5.41, 5.74) is -0.0950. The number of allylic oxidation sites excluding steroid dienone is 1. The second-order valence-corrected chi connectivity index (χ2v) is 4.14. The number of carbonyl (C=O) groups excluding carboxylic acids is 1. The number of nitro groups is 1. The van der Waals surface area contributed by atoms with Crippen LogP contribution in [0, 0.1) is 10.1 Å². The number of anilines is 1. The Labute approximate surface area is 117 Å². The molecule has 0 aliphatic heterocycles. The number of aromatic nitrogens is 1. The molecular weight excluding hydrogens is 262 g/mol. The number of esters is 1. The second kappa shape index (κ2) is 7.22. The van der Waals surface area contributed by atoms with Crippen molar-refractivity contribution in [1.82, 2.24) is 4.98 Å². The number of methoxy groups -OCH3 is 1. The standard InChI is InChI=1S/C13H17N3O4/c1-4-5-6-9-15(2)12-11(16(18)19)8-7-10(14-12)13(17)20-3/h4,7-8H,1,5-6,9H2,2-3H3. The monoisotopic (exact) mass is 279 g/mol. The maximum absolute atomic E-state index is 11.4. The predicted octanol–water partition coefficient (Wildman–Crippen LogP) is 2.18. The van der Waals surface area contributed by atoms with Gasteiger partial charge in [0.05, 0.1) is 12.0 Å². The molecule has 0 bridgehead atoms. The molecule has 0 amide bonds. The summed E-state index contributed by atoms with van der Waals surface area (Å²) in [6.45, 7) is 4.19. The van der Waals surface area contributed by atoms with Crippen molar-refractivity contribution < 1.29 is 14.5 Å². The van der Waals surface area contributed by atoms with E-state index < -0.39 is 10.9 Å². The van der Waals surface area contributed by atoms with Gasteiger partial charge in [-0.25, -0.2) is 9.78 Å². The van der Waals surface area contributed by atoms with E-state index in [1.165, 1.54) is 19.2 Å². The first-order chi connectivity index (χ1) is 9.51. The zero-order valence-electron chi connectivity index (χ0n) is 11.5. The van der Waals surface area contributed by atoms with Crippen LogP contribution in [-0.4, -0.2) is 36.6 Å². The van der Waals surface area contributed by atoms with Gasteiger partial charge < -0.3 is 9.64 Å². The van der Waals surface area contributed by atoms with E-state index in [0.29, 0.717) is 6.54 Å². The van der Waals surface area contributed by atoms with Crippen molar-refractivity contribution in [3.05, 3.63) is 40.6 Å². The van der Waals surface area contributed by atoms with Gasteiger partial charge in [-0.2, -0.15) is 0 Å². The van der Waals surface area contributed by atoms with Crippen LogP contribution < -0.4 is 4.90 Å². The van der Waals surface area contributed by atoms with E-state index in [1.54, 1.807) is 18.0 Å². The molecule has 1 aromatic heterocycles. The summed E-state index contributed by atoms with van der Waals surface area (Å²) in [7, 11) is 2.93. The van der Waals surface area contributed by atoms with Gasteiger partial charge in [-0.3, -0.25) is 10.1 Å². The van der Waals surface area contributed by atoms with Gasteiger partial charge in [-0.1, -0.05) is 6.08 Å². The minimum Gasteiger partial charge on any atom is -0.464 e. The van der Waals surface area contributed by atoms with Crippen molar-refractivity contribution in [3.8, 4) is 0 Å². The molecule has 1 aromatic rings. The maximum atomic E-state index is 11.4. The molecule has 108 valence electrons. The lowest BCUT2D eigenvalue weighted by atomic mass is 10.2. The minimum absolute atomic E-state index is 0.0451. The van der Waals surface area contributed by atoms with Crippen molar-refractivity contribution in [2.45, 2.75) is 12.8 Å². The minimum atomic E-state index is -0.624.